The van der Waals surface area contributed by atoms with Crippen LogP contribution >= 0.6 is 0 Å². The van der Waals surface area contributed by atoms with Crippen LogP contribution in [0.2, 0.25) is 0 Å². The first-order chi connectivity index (χ1) is 7.83. The first-order valence-electron chi connectivity index (χ1n) is 7.66. The van der Waals surface area contributed by atoms with Gasteiger partial charge in [-0.25, -0.2) is 0 Å². The molecule has 0 unspecified atom stereocenters. The molecule has 0 aromatic rings. The van der Waals surface area contributed by atoms with Gasteiger partial charge in [-0.1, -0.05) is 46.0 Å². The minimum Gasteiger partial charge on any atom is -1.00 e. The number of rotatable bonds is 8. The van der Waals surface area contributed by atoms with Crippen molar-refractivity contribution >= 4 is 0 Å². The Morgan fingerprint density at radius 2 is 1.41 bits per heavy atom. The molecule has 0 aromatic carbocycles. The van der Waals surface area contributed by atoms with Crippen LogP contribution in [0.1, 0.15) is 71.6 Å². The maximum atomic E-state index is 2.41. The zero-order chi connectivity index (χ0) is 11.6. The molecule has 17 heavy (non-hydrogen) atoms. The molecule has 0 spiro atoms. The largest absolute Gasteiger partial charge is 1.00 e. The number of nitrogens with one attached hydrogen (secondary N) is 1. The Bertz CT molecular complexity index is 153. The van der Waals surface area contributed by atoms with Gasteiger partial charge < -0.3 is 17.3 Å². The molecule has 1 heterocycles. The van der Waals surface area contributed by atoms with E-state index in [1.165, 1.54) is 77.4 Å². The number of halogens is 1. The highest BCUT2D eigenvalue weighted by Crippen LogP contribution is 2.08. The molecule has 0 atom stereocenters. The van der Waals surface area contributed by atoms with Crippen LogP contribution in [-0.4, -0.2) is 19.6 Å². The Morgan fingerprint density at radius 1 is 0.882 bits per heavy atom. The lowest BCUT2D eigenvalue weighted by atomic mass is 9.99. The summed E-state index contributed by atoms with van der Waals surface area (Å²) in [6.45, 7) is 9.03. The van der Waals surface area contributed by atoms with E-state index in [4.69, 9.17) is 0 Å². The van der Waals surface area contributed by atoms with Crippen molar-refractivity contribution in [3.05, 3.63) is 0 Å². The van der Waals surface area contributed by atoms with Crippen LogP contribution in [0.3, 0.4) is 0 Å². The van der Waals surface area contributed by atoms with Crippen LogP contribution in [0.4, 0.5) is 0 Å². The second-order valence-corrected chi connectivity index (χ2v) is 5.80. The van der Waals surface area contributed by atoms with Crippen molar-refractivity contribution in [2.45, 2.75) is 71.6 Å². The standard InChI is InChI=1S/C15H31N.ClH/c1-3-4-5-6-7-8-9-12-16-13-10-15(2)11-14-16;/h15H,3-14H2,1-2H3;1H. The average Bonchev–Trinajstić information content (AvgIpc) is 2.30. The fourth-order valence-electron chi connectivity index (χ4n) is 2.75. The van der Waals surface area contributed by atoms with E-state index in [2.05, 4.69) is 13.8 Å². The number of hydrogen-bond acceptors (Lipinski definition) is 0. The predicted molar refractivity (Wildman–Crippen MR) is 72.0 cm³/mol. The Hall–Kier alpha value is 0.250. The first kappa shape index (κ1) is 17.2. The number of likely N-dealkylation sites (tertiary alicyclic amines) is 1. The van der Waals surface area contributed by atoms with Crippen molar-refractivity contribution in [3.8, 4) is 0 Å². The fraction of sp³-hybridized carbons (Fsp3) is 1.00. The lowest BCUT2D eigenvalue weighted by Gasteiger charge is -2.27. The van der Waals surface area contributed by atoms with Crippen LogP contribution in [0.25, 0.3) is 0 Å². The summed E-state index contributed by atoms with van der Waals surface area (Å²) in [5.41, 5.74) is 0. The monoisotopic (exact) mass is 261 g/mol. The van der Waals surface area contributed by atoms with Gasteiger partial charge in [0, 0.05) is 0 Å². The summed E-state index contributed by atoms with van der Waals surface area (Å²) in [6.07, 6.45) is 13.1. The van der Waals surface area contributed by atoms with Crippen molar-refractivity contribution < 1.29 is 17.3 Å². The lowest BCUT2D eigenvalue weighted by Crippen LogP contribution is -3.13. The van der Waals surface area contributed by atoms with Crippen molar-refractivity contribution in [2.24, 2.45) is 5.92 Å². The van der Waals surface area contributed by atoms with Gasteiger partial charge in [0.05, 0.1) is 19.6 Å². The normalized spacial score (nSPS) is 24.4. The van der Waals surface area contributed by atoms with E-state index in [0.29, 0.717) is 0 Å². The zero-order valence-electron chi connectivity index (χ0n) is 11.9. The molecule has 2 heteroatoms. The van der Waals surface area contributed by atoms with Crippen molar-refractivity contribution in [3.63, 3.8) is 0 Å². The van der Waals surface area contributed by atoms with Gasteiger partial charge >= 0.3 is 0 Å². The molecular formula is C15H32ClN. The molecule has 104 valence electrons. The smallest absolute Gasteiger partial charge is 0.0773 e. The molecule has 0 aliphatic carbocycles. The van der Waals surface area contributed by atoms with Gasteiger partial charge in [0.15, 0.2) is 0 Å². The Balaban J connectivity index is 0.00000256. The molecule has 0 saturated carbocycles. The summed E-state index contributed by atoms with van der Waals surface area (Å²) in [4.78, 5) is 1.88. The zero-order valence-corrected chi connectivity index (χ0v) is 12.7. The molecule has 1 saturated heterocycles. The second kappa shape index (κ2) is 11.3. The molecule has 0 amide bonds. The fourth-order valence-corrected chi connectivity index (χ4v) is 2.75. The number of hydrogen-bond donors (Lipinski definition) is 1. The van der Waals surface area contributed by atoms with E-state index < -0.39 is 0 Å². The minimum absolute atomic E-state index is 0. The van der Waals surface area contributed by atoms with Crippen LogP contribution in [-0.2, 0) is 0 Å². The van der Waals surface area contributed by atoms with Gasteiger partial charge in [0.2, 0.25) is 0 Å². The van der Waals surface area contributed by atoms with Crippen LogP contribution < -0.4 is 17.3 Å². The van der Waals surface area contributed by atoms with E-state index in [1.807, 2.05) is 4.90 Å². The molecule has 0 bridgehead atoms. The third-order valence-electron chi connectivity index (χ3n) is 4.12. The maximum Gasteiger partial charge on any atom is 0.0773 e. The molecule has 1 fully saturated rings. The topological polar surface area (TPSA) is 4.44 Å². The third kappa shape index (κ3) is 8.90. The minimum atomic E-state index is 0. The Morgan fingerprint density at radius 3 is 2.00 bits per heavy atom. The quantitative estimate of drug-likeness (QED) is 0.590. The molecule has 1 rings (SSSR count). The van der Waals surface area contributed by atoms with Gasteiger partial charge in [-0.15, -0.1) is 0 Å². The van der Waals surface area contributed by atoms with Crippen molar-refractivity contribution in [1.82, 2.24) is 0 Å². The SMILES string of the molecule is CCCCCCCCC[NH+]1CCC(C)CC1.[Cl-]. The van der Waals surface area contributed by atoms with Gasteiger partial charge in [0.25, 0.3) is 0 Å². The molecular weight excluding hydrogens is 230 g/mol. The summed E-state index contributed by atoms with van der Waals surface area (Å²) in [6, 6.07) is 0. The number of quaternary nitrogens is 1. The molecule has 1 nitrogen and oxygen atoms in total. The first-order valence-corrected chi connectivity index (χ1v) is 7.66. The van der Waals surface area contributed by atoms with Gasteiger partial charge in [-0.2, -0.15) is 0 Å². The van der Waals surface area contributed by atoms with E-state index in [-0.39, 0.29) is 12.4 Å². The Kier molecular flexibility index (Phi) is 11.5. The second-order valence-electron chi connectivity index (χ2n) is 5.80. The van der Waals surface area contributed by atoms with E-state index in [0.717, 1.165) is 5.92 Å². The summed E-state index contributed by atoms with van der Waals surface area (Å²) >= 11 is 0. The lowest BCUT2D eigenvalue weighted by molar-refractivity contribution is -0.906. The molecule has 0 aromatic heterocycles. The number of unbranched alkanes of at least 4 members (excludes halogenated alkanes) is 6. The highest BCUT2D eigenvalue weighted by Gasteiger charge is 2.17. The van der Waals surface area contributed by atoms with Gasteiger partial charge in [-0.3, -0.25) is 0 Å². The predicted octanol–water partition coefficient (Wildman–Crippen LogP) is 0.0558. The maximum absolute atomic E-state index is 2.41. The van der Waals surface area contributed by atoms with Crippen molar-refractivity contribution in [2.75, 3.05) is 19.6 Å². The van der Waals surface area contributed by atoms with Gasteiger partial charge in [0.1, 0.15) is 0 Å². The average molecular weight is 262 g/mol. The van der Waals surface area contributed by atoms with E-state index >= 15 is 0 Å². The molecule has 0 radical (unpaired) electrons. The highest BCUT2D eigenvalue weighted by atomic mass is 35.5. The van der Waals surface area contributed by atoms with Crippen molar-refractivity contribution in [1.29, 1.82) is 0 Å². The van der Waals surface area contributed by atoms with Crippen LogP contribution in [0.15, 0.2) is 0 Å². The Labute approximate surface area is 115 Å². The van der Waals surface area contributed by atoms with Gasteiger partial charge in [-0.05, 0) is 31.6 Å². The highest BCUT2D eigenvalue weighted by molar-refractivity contribution is 4.55. The summed E-state index contributed by atoms with van der Waals surface area (Å²) in [5, 5.41) is 0. The summed E-state index contributed by atoms with van der Waals surface area (Å²) in [7, 11) is 0. The van der Waals surface area contributed by atoms with E-state index in [1.54, 1.807) is 0 Å². The summed E-state index contributed by atoms with van der Waals surface area (Å²) in [5.74, 6) is 0.998. The molecule has 1 aliphatic rings. The van der Waals surface area contributed by atoms with Crippen LogP contribution in [0.5, 0.6) is 0 Å². The third-order valence-corrected chi connectivity index (χ3v) is 4.12. The molecule has 1 N–H and O–H groups in total. The number of piperidine rings is 1. The summed E-state index contributed by atoms with van der Waals surface area (Å²) < 4.78 is 0. The van der Waals surface area contributed by atoms with Crippen LogP contribution in [0, 0.1) is 5.92 Å². The van der Waals surface area contributed by atoms with E-state index in [9.17, 15) is 0 Å². The molecule has 1 aliphatic heterocycles.